The average Bonchev–Trinajstić information content (AvgIpc) is 2.40. The Morgan fingerprint density at radius 1 is 1.26 bits per heavy atom. The van der Waals surface area contributed by atoms with Crippen molar-refractivity contribution in [2.24, 2.45) is 0 Å². The zero-order valence-electron chi connectivity index (χ0n) is 9.98. The molecule has 0 atom stereocenters. The number of methoxy groups -OCH3 is 1. The molecule has 19 heavy (non-hydrogen) atoms. The second kappa shape index (κ2) is 5.28. The number of hydrogen-bond donors (Lipinski definition) is 1. The Hall–Kier alpha value is -2.07. The molecule has 0 heterocycles. The first kappa shape index (κ1) is 13.4. The fourth-order valence-corrected chi connectivity index (χ4v) is 2.05. The fraction of sp³-hybridized carbons (Fsp3) is 0.0714. The number of aromatic carboxylic acids is 1. The summed E-state index contributed by atoms with van der Waals surface area (Å²) in [5, 5.41) is 8.98. The zero-order valence-corrected chi connectivity index (χ0v) is 10.7. The molecule has 0 radical (unpaired) electrons. The first-order valence-corrected chi connectivity index (χ1v) is 5.78. The van der Waals surface area contributed by atoms with Crippen molar-refractivity contribution in [3.05, 3.63) is 52.8 Å². The lowest BCUT2D eigenvalue weighted by atomic mass is 10.0. The number of hydrogen-bond acceptors (Lipinski definition) is 2. The highest BCUT2D eigenvalue weighted by molar-refractivity contribution is 6.33. The van der Waals surface area contributed by atoms with Gasteiger partial charge in [-0.25, -0.2) is 9.18 Å². The molecule has 0 bridgehead atoms. The summed E-state index contributed by atoms with van der Waals surface area (Å²) in [7, 11) is 1.49. The van der Waals surface area contributed by atoms with Gasteiger partial charge >= 0.3 is 5.97 Å². The fourth-order valence-electron chi connectivity index (χ4n) is 1.78. The smallest absolute Gasteiger partial charge is 0.338 e. The van der Waals surface area contributed by atoms with Crippen molar-refractivity contribution >= 4 is 17.6 Å². The van der Waals surface area contributed by atoms with Crippen molar-refractivity contribution in [1.82, 2.24) is 0 Å². The molecule has 1 N–H and O–H groups in total. The Labute approximate surface area is 114 Å². The quantitative estimate of drug-likeness (QED) is 0.929. The molecule has 0 aromatic heterocycles. The molecular formula is C14H10ClFO3. The van der Waals surface area contributed by atoms with E-state index in [1.807, 2.05) is 0 Å². The van der Waals surface area contributed by atoms with Crippen LogP contribution in [0, 0.1) is 5.82 Å². The minimum Gasteiger partial charge on any atom is -0.496 e. The second-order valence-corrected chi connectivity index (χ2v) is 4.22. The number of halogens is 2. The summed E-state index contributed by atoms with van der Waals surface area (Å²) in [4.78, 5) is 10.8. The van der Waals surface area contributed by atoms with Gasteiger partial charge in [-0.05, 0) is 18.2 Å². The molecule has 0 saturated carbocycles. The van der Waals surface area contributed by atoms with Gasteiger partial charge in [-0.1, -0.05) is 29.8 Å². The standard InChI is InChI=1S/C14H10ClFO3/c1-19-13-5-3-2-4-8(13)9-7-12(16)10(14(17)18)6-11(9)15/h2-7H,1H3,(H,17,18). The molecule has 3 nitrogen and oxygen atoms in total. The van der Waals surface area contributed by atoms with Gasteiger partial charge in [0.2, 0.25) is 0 Å². The van der Waals surface area contributed by atoms with Crippen molar-refractivity contribution in [2.45, 2.75) is 0 Å². The van der Waals surface area contributed by atoms with Crippen LogP contribution in [0.2, 0.25) is 5.02 Å². The van der Waals surface area contributed by atoms with Crippen LogP contribution in [0.5, 0.6) is 5.75 Å². The summed E-state index contributed by atoms with van der Waals surface area (Å²) < 4.78 is 18.9. The van der Waals surface area contributed by atoms with Gasteiger partial charge in [0.15, 0.2) is 0 Å². The van der Waals surface area contributed by atoms with Crippen molar-refractivity contribution in [1.29, 1.82) is 0 Å². The van der Waals surface area contributed by atoms with E-state index in [0.717, 1.165) is 12.1 Å². The first-order chi connectivity index (χ1) is 9.04. The van der Waals surface area contributed by atoms with Crippen LogP contribution in [0.4, 0.5) is 4.39 Å². The topological polar surface area (TPSA) is 46.5 Å². The van der Waals surface area contributed by atoms with E-state index in [1.165, 1.54) is 7.11 Å². The van der Waals surface area contributed by atoms with Gasteiger partial charge in [-0.15, -0.1) is 0 Å². The number of carboxylic acids is 1. The van der Waals surface area contributed by atoms with E-state index < -0.39 is 17.3 Å². The molecule has 98 valence electrons. The lowest BCUT2D eigenvalue weighted by molar-refractivity contribution is 0.0692. The van der Waals surface area contributed by atoms with Crippen LogP contribution in [-0.2, 0) is 0 Å². The molecule has 2 rings (SSSR count). The van der Waals surface area contributed by atoms with E-state index in [4.69, 9.17) is 21.4 Å². The van der Waals surface area contributed by atoms with E-state index in [9.17, 15) is 9.18 Å². The Morgan fingerprint density at radius 3 is 2.58 bits per heavy atom. The second-order valence-electron chi connectivity index (χ2n) is 3.82. The number of para-hydroxylation sites is 1. The number of ether oxygens (including phenoxy) is 1. The first-order valence-electron chi connectivity index (χ1n) is 5.40. The Balaban J connectivity index is 2.64. The molecule has 0 aliphatic carbocycles. The third-order valence-corrected chi connectivity index (χ3v) is 3.00. The molecule has 0 unspecified atom stereocenters. The van der Waals surface area contributed by atoms with E-state index in [0.29, 0.717) is 16.9 Å². The highest BCUT2D eigenvalue weighted by Gasteiger charge is 2.16. The molecule has 2 aromatic rings. The maximum absolute atomic E-state index is 13.7. The predicted octanol–water partition coefficient (Wildman–Crippen LogP) is 3.85. The van der Waals surface area contributed by atoms with Gasteiger partial charge in [0, 0.05) is 16.1 Å². The van der Waals surface area contributed by atoms with Crippen molar-refractivity contribution in [3.8, 4) is 16.9 Å². The summed E-state index contributed by atoms with van der Waals surface area (Å²) in [5.74, 6) is -1.66. The molecule has 0 spiro atoms. The van der Waals surface area contributed by atoms with Crippen molar-refractivity contribution < 1.29 is 19.0 Å². The van der Waals surface area contributed by atoms with E-state index in [2.05, 4.69) is 0 Å². The summed E-state index contributed by atoms with van der Waals surface area (Å²) in [6.07, 6.45) is 0. The summed E-state index contributed by atoms with van der Waals surface area (Å²) in [6, 6.07) is 9.18. The minimum atomic E-state index is -1.36. The third kappa shape index (κ3) is 2.53. The maximum atomic E-state index is 13.7. The molecule has 0 aliphatic rings. The maximum Gasteiger partial charge on any atom is 0.338 e. The minimum absolute atomic E-state index is 0.156. The Bertz CT molecular complexity index is 641. The predicted molar refractivity (Wildman–Crippen MR) is 70.4 cm³/mol. The van der Waals surface area contributed by atoms with Crippen LogP contribution in [-0.4, -0.2) is 18.2 Å². The number of carboxylic acid groups (broad SMARTS) is 1. The largest absolute Gasteiger partial charge is 0.496 e. The van der Waals surface area contributed by atoms with Gasteiger partial charge in [-0.3, -0.25) is 0 Å². The van der Waals surface area contributed by atoms with E-state index >= 15 is 0 Å². The van der Waals surface area contributed by atoms with Gasteiger partial charge < -0.3 is 9.84 Å². The van der Waals surface area contributed by atoms with Gasteiger partial charge in [0.1, 0.15) is 11.6 Å². The van der Waals surface area contributed by atoms with Crippen LogP contribution >= 0.6 is 11.6 Å². The van der Waals surface area contributed by atoms with Crippen LogP contribution < -0.4 is 4.74 Å². The van der Waals surface area contributed by atoms with E-state index in [-0.39, 0.29) is 5.02 Å². The number of rotatable bonds is 3. The molecule has 0 fully saturated rings. The number of carbonyl (C=O) groups is 1. The van der Waals surface area contributed by atoms with Crippen molar-refractivity contribution in [3.63, 3.8) is 0 Å². The zero-order chi connectivity index (χ0) is 14.0. The molecule has 0 saturated heterocycles. The summed E-state index contributed by atoms with van der Waals surface area (Å²) >= 11 is 6.02. The molecule has 0 aliphatic heterocycles. The SMILES string of the molecule is COc1ccccc1-c1cc(F)c(C(=O)O)cc1Cl. The van der Waals surface area contributed by atoms with Gasteiger partial charge in [0.05, 0.1) is 12.7 Å². The molecule has 0 amide bonds. The van der Waals surface area contributed by atoms with Crippen LogP contribution in [0.3, 0.4) is 0 Å². The molecule has 5 heteroatoms. The van der Waals surface area contributed by atoms with Gasteiger partial charge in [-0.2, -0.15) is 0 Å². The van der Waals surface area contributed by atoms with Crippen LogP contribution in [0.15, 0.2) is 36.4 Å². The van der Waals surface area contributed by atoms with Gasteiger partial charge in [0.25, 0.3) is 0 Å². The molecule has 2 aromatic carbocycles. The van der Waals surface area contributed by atoms with Crippen LogP contribution in [0.1, 0.15) is 10.4 Å². The monoisotopic (exact) mass is 280 g/mol. The average molecular weight is 281 g/mol. The lowest BCUT2D eigenvalue weighted by Gasteiger charge is -2.11. The summed E-state index contributed by atoms with van der Waals surface area (Å²) in [5.41, 5.74) is 0.538. The highest BCUT2D eigenvalue weighted by Crippen LogP contribution is 2.36. The lowest BCUT2D eigenvalue weighted by Crippen LogP contribution is -2.01. The van der Waals surface area contributed by atoms with E-state index in [1.54, 1.807) is 24.3 Å². The highest BCUT2D eigenvalue weighted by atomic mass is 35.5. The summed E-state index contributed by atoms with van der Waals surface area (Å²) in [6.45, 7) is 0. The Morgan fingerprint density at radius 2 is 1.95 bits per heavy atom. The molecular weight excluding hydrogens is 271 g/mol. The van der Waals surface area contributed by atoms with Crippen molar-refractivity contribution in [2.75, 3.05) is 7.11 Å². The van der Waals surface area contributed by atoms with Crippen LogP contribution in [0.25, 0.3) is 11.1 Å². The Kier molecular flexibility index (Phi) is 3.71. The third-order valence-electron chi connectivity index (χ3n) is 2.68. The normalized spacial score (nSPS) is 10.3. The number of benzene rings is 2.